The van der Waals surface area contributed by atoms with Gasteiger partial charge in [0.25, 0.3) is 5.91 Å². The van der Waals surface area contributed by atoms with E-state index in [-0.39, 0.29) is 12.2 Å². The molecule has 34 heavy (non-hydrogen) atoms. The molecule has 0 aliphatic carbocycles. The Bertz CT molecular complexity index is 1210. The number of halogens is 2. The highest BCUT2D eigenvalue weighted by Crippen LogP contribution is 2.35. The van der Waals surface area contributed by atoms with E-state index in [0.29, 0.717) is 37.3 Å². The van der Waals surface area contributed by atoms with Gasteiger partial charge in [-0.3, -0.25) is 4.79 Å². The summed E-state index contributed by atoms with van der Waals surface area (Å²) < 4.78 is 17.6. The van der Waals surface area contributed by atoms with E-state index in [1.54, 1.807) is 42.5 Å². The average Bonchev–Trinajstić information content (AvgIpc) is 2.83. The van der Waals surface area contributed by atoms with Gasteiger partial charge in [0.15, 0.2) is 11.5 Å². The van der Waals surface area contributed by atoms with Gasteiger partial charge in [-0.25, -0.2) is 10.2 Å². The van der Waals surface area contributed by atoms with Crippen molar-refractivity contribution in [2.24, 2.45) is 5.10 Å². The Hall–Kier alpha value is -3.37. The van der Waals surface area contributed by atoms with E-state index in [1.165, 1.54) is 32.6 Å². The molecule has 0 bridgehead atoms. The van der Waals surface area contributed by atoms with Crippen molar-refractivity contribution in [2.45, 2.75) is 6.61 Å². The topological polar surface area (TPSA) is 106 Å². The van der Waals surface area contributed by atoms with Crippen molar-refractivity contribution in [3.05, 3.63) is 85.8 Å². The second-order valence-corrected chi connectivity index (χ2v) is 8.58. The van der Waals surface area contributed by atoms with Crippen LogP contribution in [0.2, 0.25) is 0 Å². The molecular formula is C24H20Br2N2O6. The molecule has 0 saturated carbocycles. The number of carboxylic acids is 1. The van der Waals surface area contributed by atoms with E-state index in [4.69, 9.17) is 19.3 Å². The van der Waals surface area contributed by atoms with Crippen LogP contribution < -0.4 is 19.6 Å². The van der Waals surface area contributed by atoms with Crippen LogP contribution in [-0.2, 0) is 6.61 Å². The number of carboxylic acid groups (broad SMARTS) is 1. The molecule has 0 aromatic heterocycles. The Morgan fingerprint density at radius 3 is 2.15 bits per heavy atom. The molecule has 0 saturated heterocycles. The maximum atomic E-state index is 12.4. The largest absolute Gasteiger partial charge is 0.493 e. The van der Waals surface area contributed by atoms with E-state index in [0.717, 1.165) is 5.56 Å². The predicted octanol–water partition coefficient (Wildman–Crippen LogP) is 5.27. The quantitative estimate of drug-likeness (QED) is 0.259. The fraction of sp³-hybridized carbons (Fsp3) is 0.125. The first-order chi connectivity index (χ1) is 16.3. The minimum absolute atomic E-state index is 0.216. The Morgan fingerprint density at radius 2 is 1.56 bits per heavy atom. The van der Waals surface area contributed by atoms with Crippen LogP contribution >= 0.6 is 31.9 Å². The molecule has 2 N–H and O–H groups in total. The van der Waals surface area contributed by atoms with Gasteiger partial charge in [-0.1, -0.05) is 12.1 Å². The van der Waals surface area contributed by atoms with Gasteiger partial charge in [-0.2, -0.15) is 5.10 Å². The minimum Gasteiger partial charge on any atom is -0.493 e. The number of hydrogen-bond acceptors (Lipinski definition) is 6. The number of methoxy groups -OCH3 is 2. The van der Waals surface area contributed by atoms with Crippen LogP contribution in [0.5, 0.6) is 17.2 Å². The average molecular weight is 592 g/mol. The van der Waals surface area contributed by atoms with E-state index >= 15 is 0 Å². The predicted molar refractivity (Wildman–Crippen MR) is 134 cm³/mol. The number of amides is 1. The number of benzene rings is 3. The molecule has 1 amide bonds. The summed E-state index contributed by atoms with van der Waals surface area (Å²) in [6, 6.07) is 14.9. The third-order valence-corrected chi connectivity index (χ3v) is 5.81. The second-order valence-electron chi connectivity index (χ2n) is 6.87. The molecule has 176 valence electrons. The fourth-order valence-electron chi connectivity index (χ4n) is 2.90. The van der Waals surface area contributed by atoms with Crippen LogP contribution in [0.4, 0.5) is 0 Å². The lowest BCUT2D eigenvalue weighted by atomic mass is 10.1. The molecule has 0 heterocycles. The highest BCUT2D eigenvalue weighted by Gasteiger charge is 2.11. The first kappa shape index (κ1) is 25.3. The summed E-state index contributed by atoms with van der Waals surface area (Å²) in [7, 11) is 3.02. The lowest BCUT2D eigenvalue weighted by molar-refractivity contribution is 0.0696. The van der Waals surface area contributed by atoms with Gasteiger partial charge >= 0.3 is 5.97 Å². The lowest BCUT2D eigenvalue weighted by Gasteiger charge is -2.11. The van der Waals surface area contributed by atoms with Gasteiger partial charge in [-0.05, 0) is 85.5 Å². The molecule has 0 atom stereocenters. The first-order valence-electron chi connectivity index (χ1n) is 9.82. The molecule has 3 aromatic rings. The molecule has 0 radical (unpaired) electrons. The zero-order valence-electron chi connectivity index (χ0n) is 18.2. The van der Waals surface area contributed by atoms with E-state index < -0.39 is 11.9 Å². The Morgan fingerprint density at radius 1 is 0.941 bits per heavy atom. The smallest absolute Gasteiger partial charge is 0.335 e. The van der Waals surface area contributed by atoms with Crippen molar-refractivity contribution < 1.29 is 28.9 Å². The van der Waals surface area contributed by atoms with Crippen molar-refractivity contribution >= 4 is 50.0 Å². The van der Waals surface area contributed by atoms with Crippen LogP contribution in [0.15, 0.2) is 68.6 Å². The summed E-state index contributed by atoms with van der Waals surface area (Å²) in [6.07, 6.45) is 1.50. The Balaban J connectivity index is 1.63. The number of carbonyl (C=O) groups excluding carboxylic acids is 1. The van der Waals surface area contributed by atoms with Crippen LogP contribution in [-0.4, -0.2) is 37.4 Å². The number of aromatic carboxylic acids is 1. The first-order valence-corrected chi connectivity index (χ1v) is 11.4. The summed E-state index contributed by atoms with van der Waals surface area (Å²) in [4.78, 5) is 23.3. The Kier molecular flexibility index (Phi) is 8.67. The molecule has 0 spiro atoms. The minimum atomic E-state index is -0.977. The van der Waals surface area contributed by atoms with Gasteiger partial charge in [0.05, 0.1) is 34.9 Å². The summed E-state index contributed by atoms with van der Waals surface area (Å²) >= 11 is 6.96. The monoisotopic (exact) mass is 590 g/mol. The zero-order valence-corrected chi connectivity index (χ0v) is 21.3. The number of hydrazone groups is 1. The summed E-state index contributed by atoms with van der Waals surface area (Å²) in [5.41, 5.74) is 4.61. The third kappa shape index (κ3) is 6.36. The molecule has 0 unspecified atom stereocenters. The molecule has 0 aliphatic heterocycles. The number of hydrogen-bond donors (Lipinski definition) is 2. The number of ether oxygens (including phenoxy) is 3. The normalized spacial score (nSPS) is 10.7. The van der Waals surface area contributed by atoms with Gasteiger partial charge in [0, 0.05) is 5.56 Å². The van der Waals surface area contributed by atoms with Crippen molar-refractivity contribution in [2.75, 3.05) is 14.2 Å². The van der Waals surface area contributed by atoms with Crippen molar-refractivity contribution in [1.82, 2.24) is 5.43 Å². The van der Waals surface area contributed by atoms with Gasteiger partial charge in [0.2, 0.25) is 0 Å². The van der Waals surface area contributed by atoms with Gasteiger partial charge < -0.3 is 19.3 Å². The number of nitrogens with zero attached hydrogens (tertiary/aromatic N) is 1. The van der Waals surface area contributed by atoms with E-state index in [9.17, 15) is 9.59 Å². The van der Waals surface area contributed by atoms with Crippen molar-refractivity contribution in [3.63, 3.8) is 0 Å². The molecule has 0 fully saturated rings. The fourth-order valence-corrected chi connectivity index (χ4v) is 4.35. The molecular weight excluding hydrogens is 572 g/mol. The number of nitrogens with one attached hydrogen (secondary N) is 1. The summed E-state index contributed by atoms with van der Waals surface area (Å²) in [6.45, 7) is 0.256. The van der Waals surface area contributed by atoms with Crippen LogP contribution in [0, 0.1) is 0 Å². The number of carbonyl (C=O) groups is 2. The Labute approximate surface area is 212 Å². The highest BCUT2D eigenvalue weighted by atomic mass is 79.9. The number of rotatable bonds is 9. The highest BCUT2D eigenvalue weighted by molar-refractivity contribution is 9.11. The lowest BCUT2D eigenvalue weighted by Crippen LogP contribution is -2.17. The van der Waals surface area contributed by atoms with Crippen LogP contribution in [0.1, 0.15) is 31.8 Å². The van der Waals surface area contributed by atoms with E-state index in [1.807, 2.05) is 0 Å². The van der Waals surface area contributed by atoms with E-state index in [2.05, 4.69) is 42.4 Å². The third-order valence-electron chi connectivity index (χ3n) is 4.63. The SMILES string of the molecule is COc1ccc(C(=O)N/N=C/c2cc(Br)c(OCc3ccc(C(=O)O)cc3)c(Br)c2)cc1OC. The maximum Gasteiger partial charge on any atom is 0.335 e. The molecule has 10 heteroatoms. The zero-order chi connectivity index (χ0) is 24.7. The maximum absolute atomic E-state index is 12.4. The van der Waals surface area contributed by atoms with Gasteiger partial charge in [-0.15, -0.1) is 0 Å². The summed E-state index contributed by atoms with van der Waals surface area (Å²) in [5.74, 6) is 0.172. The summed E-state index contributed by atoms with van der Waals surface area (Å²) in [5, 5.41) is 13.0. The van der Waals surface area contributed by atoms with Crippen LogP contribution in [0.3, 0.4) is 0 Å². The van der Waals surface area contributed by atoms with Crippen molar-refractivity contribution in [3.8, 4) is 17.2 Å². The molecule has 0 aliphatic rings. The van der Waals surface area contributed by atoms with Gasteiger partial charge in [0.1, 0.15) is 12.4 Å². The van der Waals surface area contributed by atoms with Crippen LogP contribution in [0.25, 0.3) is 0 Å². The molecule has 3 rings (SSSR count). The molecule has 8 nitrogen and oxygen atoms in total. The molecule has 3 aromatic carbocycles. The van der Waals surface area contributed by atoms with Crippen molar-refractivity contribution in [1.29, 1.82) is 0 Å². The standard InChI is InChI=1S/C24H20Br2N2O6/c1-32-20-8-7-17(11-21(20)33-2)23(29)28-27-12-15-9-18(25)22(19(26)10-15)34-13-14-3-5-16(6-4-14)24(30)31/h3-12H,13H2,1-2H3,(H,28,29)(H,30,31)/b27-12+. The second kappa shape index (κ2) is 11.7.